The highest BCUT2D eigenvalue weighted by Crippen LogP contribution is 2.36. The number of alkyl halides is 3. The van der Waals surface area contributed by atoms with Gasteiger partial charge in [-0.25, -0.2) is 0 Å². The lowest BCUT2D eigenvalue weighted by atomic mass is 10.2. The molecule has 0 amide bonds. The zero-order valence-electron chi connectivity index (χ0n) is 7.15. The highest BCUT2D eigenvalue weighted by atomic mass is 19.4. The topological polar surface area (TPSA) is 17.8 Å². The second kappa shape index (κ2) is 2.49. The van der Waals surface area contributed by atoms with E-state index in [0.717, 1.165) is 11.1 Å². The largest absolute Gasteiger partial charge is 0.433 e. The van der Waals surface area contributed by atoms with Crippen molar-refractivity contribution in [3.63, 3.8) is 0 Å². The Morgan fingerprint density at radius 3 is 2.62 bits per heavy atom. The van der Waals surface area contributed by atoms with Gasteiger partial charge in [0.05, 0.1) is 5.69 Å². The summed E-state index contributed by atoms with van der Waals surface area (Å²) in [6.07, 6.45) is -2.28. The normalized spacial score (nSPS) is 16.3. The lowest BCUT2D eigenvalue weighted by Gasteiger charge is -2.08. The number of aromatic nitrogens is 2. The molecule has 1 aromatic heterocycles. The number of hydrogen-bond donors (Lipinski definition) is 0. The number of fused-ring (bicyclic) bond motifs is 1. The minimum Gasteiger partial charge on any atom is -0.263 e. The molecule has 0 radical (unpaired) electrons. The van der Waals surface area contributed by atoms with Crippen molar-refractivity contribution in [1.82, 2.24) is 9.78 Å². The van der Waals surface area contributed by atoms with Crippen LogP contribution in [0.15, 0.2) is 0 Å². The Balaban J connectivity index is 2.56. The van der Waals surface area contributed by atoms with Crippen molar-refractivity contribution in [2.45, 2.75) is 25.4 Å². The number of hydrogen-bond acceptors (Lipinski definition) is 1. The molecule has 0 atom stereocenters. The van der Waals surface area contributed by atoms with E-state index >= 15 is 0 Å². The van der Waals surface area contributed by atoms with Crippen molar-refractivity contribution in [3.05, 3.63) is 17.0 Å². The summed E-state index contributed by atoms with van der Waals surface area (Å²) in [5, 5.41) is 3.85. The van der Waals surface area contributed by atoms with Gasteiger partial charge in [0.25, 0.3) is 0 Å². The number of rotatable bonds is 0. The molecule has 0 N–H and O–H groups in total. The molecule has 0 aliphatic heterocycles. The first-order valence-corrected chi connectivity index (χ1v) is 4.12. The first-order chi connectivity index (χ1) is 6.00. The van der Waals surface area contributed by atoms with Crippen LogP contribution in [-0.2, 0) is 26.1 Å². The smallest absolute Gasteiger partial charge is 0.263 e. The molecule has 1 heterocycles. The van der Waals surface area contributed by atoms with E-state index in [4.69, 9.17) is 0 Å². The van der Waals surface area contributed by atoms with Gasteiger partial charge in [0.1, 0.15) is 5.69 Å². The molecule has 13 heavy (non-hydrogen) atoms. The average Bonchev–Trinajstić information content (AvgIpc) is 2.41. The van der Waals surface area contributed by atoms with Gasteiger partial charge in [0.2, 0.25) is 0 Å². The van der Waals surface area contributed by atoms with Gasteiger partial charge >= 0.3 is 6.18 Å². The molecular weight excluding hydrogens is 181 g/mol. The van der Waals surface area contributed by atoms with Crippen LogP contribution < -0.4 is 0 Å². The lowest BCUT2D eigenvalue weighted by Crippen LogP contribution is -2.14. The van der Waals surface area contributed by atoms with Crippen molar-refractivity contribution in [2.24, 2.45) is 7.05 Å². The van der Waals surface area contributed by atoms with Crippen LogP contribution in [0.2, 0.25) is 0 Å². The molecule has 5 heteroatoms. The summed E-state index contributed by atoms with van der Waals surface area (Å²) < 4.78 is 38.4. The Hall–Kier alpha value is -1.00. The fourth-order valence-electron chi connectivity index (χ4n) is 1.87. The molecule has 0 aromatic carbocycles. The van der Waals surface area contributed by atoms with Gasteiger partial charge < -0.3 is 0 Å². The van der Waals surface area contributed by atoms with Gasteiger partial charge in [-0.05, 0) is 19.3 Å². The van der Waals surface area contributed by atoms with Crippen molar-refractivity contribution < 1.29 is 13.2 Å². The van der Waals surface area contributed by atoms with E-state index in [1.807, 2.05) is 0 Å². The van der Waals surface area contributed by atoms with Gasteiger partial charge in [-0.1, -0.05) is 0 Å². The fourth-order valence-corrected chi connectivity index (χ4v) is 1.87. The Bertz CT molecular complexity index is 338. The minimum atomic E-state index is -4.26. The Labute approximate surface area is 73.4 Å². The first kappa shape index (κ1) is 8.59. The van der Waals surface area contributed by atoms with Crippen molar-refractivity contribution >= 4 is 0 Å². The molecular formula is C8H9F3N2. The zero-order valence-corrected chi connectivity index (χ0v) is 7.15. The Morgan fingerprint density at radius 2 is 2.00 bits per heavy atom. The van der Waals surface area contributed by atoms with Crippen LogP contribution in [0, 0.1) is 0 Å². The highest BCUT2D eigenvalue weighted by Gasteiger charge is 2.39. The Kier molecular flexibility index (Phi) is 1.65. The SMILES string of the molecule is Cn1nc2c(c1C(F)(F)F)CCC2. The molecule has 1 aliphatic rings. The second-order valence-corrected chi connectivity index (χ2v) is 3.25. The number of nitrogens with zero attached hydrogens (tertiary/aromatic N) is 2. The van der Waals surface area contributed by atoms with E-state index in [-0.39, 0.29) is 0 Å². The van der Waals surface area contributed by atoms with Crippen LogP contribution in [0.25, 0.3) is 0 Å². The van der Waals surface area contributed by atoms with E-state index in [9.17, 15) is 13.2 Å². The third-order valence-electron chi connectivity index (χ3n) is 2.34. The maximum atomic E-state index is 12.5. The average molecular weight is 190 g/mol. The van der Waals surface area contributed by atoms with Gasteiger partial charge in [0, 0.05) is 12.6 Å². The Morgan fingerprint density at radius 1 is 1.31 bits per heavy atom. The van der Waals surface area contributed by atoms with Gasteiger partial charge in [-0.3, -0.25) is 4.68 Å². The monoisotopic (exact) mass is 190 g/mol. The number of aryl methyl sites for hydroxylation is 2. The predicted molar refractivity (Wildman–Crippen MR) is 40.2 cm³/mol. The molecule has 0 unspecified atom stereocenters. The standard InChI is InChI=1S/C8H9F3N2/c1-13-7(8(9,10)11)5-3-2-4-6(5)12-13/h2-4H2,1H3. The third kappa shape index (κ3) is 1.22. The molecule has 0 saturated carbocycles. The predicted octanol–water partition coefficient (Wildman–Crippen LogP) is 1.93. The maximum Gasteiger partial charge on any atom is 0.433 e. The van der Waals surface area contributed by atoms with E-state index in [1.54, 1.807) is 0 Å². The first-order valence-electron chi connectivity index (χ1n) is 4.12. The van der Waals surface area contributed by atoms with E-state index in [0.29, 0.717) is 24.1 Å². The van der Waals surface area contributed by atoms with Crippen LogP contribution in [0.1, 0.15) is 23.4 Å². The summed E-state index contributed by atoms with van der Waals surface area (Å²) >= 11 is 0. The molecule has 1 aromatic rings. The van der Waals surface area contributed by atoms with Crippen molar-refractivity contribution in [2.75, 3.05) is 0 Å². The van der Waals surface area contributed by atoms with E-state index < -0.39 is 11.9 Å². The molecule has 0 bridgehead atoms. The van der Waals surface area contributed by atoms with E-state index in [2.05, 4.69) is 5.10 Å². The molecule has 0 saturated heterocycles. The van der Waals surface area contributed by atoms with Crippen molar-refractivity contribution in [3.8, 4) is 0 Å². The molecule has 2 nitrogen and oxygen atoms in total. The molecule has 1 aliphatic carbocycles. The van der Waals surface area contributed by atoms with Crippen LogP contribution >= 0.6 is 0 Å². The van der Waals surface area contributed by atoms with Crippen molar-refractivity contribution in [1.29, 1.82) is 0 Å². The zero-order chi connectivity index (χ0) is 9.64. The summed E-state index contributed by atoms with van der Waals surface area (Å²) in [5.41, 5.74) is 0.449. The molecule has 0 spiro atoms. The van der Waals surface area contributed by atoms with Crippen LogP contribution in [0.5, 0.6) is 0 Å². The third-order valence-corrected chi connectivity index (χ3v) is 2.34. The summed E-state index contributed by atoms with van der Waals surface area (Å²) in [7, 11) is 1.35. The van der Waals surface area contributed by atoms with E-state index in [1.165, 1.54) is 7.05 Å². The second-order valence-electron chi connectivity index (χ2n) is 3.25. The number of halogens is 3. The molecule has 2 rings (SSSR count). The fraction of sp³-hybridized carbons (Fsp3) is 0.625. The summed E-state index contributed by atoms with van der Waals surface area (Å²) in [5.74, 6) is 0. The van der Waals surface area contributed by atoms with Crippen LogP contribution in [-0.4, -0.2) is 9.78 Å². The summed E-state index contributed by atoms with van der Waals surface area (Å²) in [6, 6.07) is 0. The van der Waals surface area contributed by atoms with Crippen LogP contribution in [0.3, 0.4) is 0 Å². The lowest BCUT2D eigenvalue weighted by molar-refractivity contribution is -0.144. The highest BCUT2D eigenvalue weighted by molar-refractivity contribution is 5.32. The summed E-state index contributed by atoms with van der Waals surface area (Å²) in [6.45, 7) is 0. The van der Waals surface area contributed by atoms with Gasteiger partial charge in [-0.15, -0.1) is 0 Å². The summed E-state index contributed by atoms with van der Waals surface area (Å²) in [4.78, 5) is 0. The van der Waals surface area contributed by atoms with Gasteiger partial charge in [-0.2, -0.15) is 18.3 Å². The van der Waals surface area contributed by atoms with Gasteiger partial charge in [0.15, 0.2) is 0 Å². The maximum absolute atomic E-state index is 12.5. The quantitative estimate of drug-likeness (QED) is 0.611. The van der Waals surface area contributed by atoms with Crippen LogP contribution in [0.4, 0.5) is 13.2 Å². The molecule has 72 valence electrons. The molecule has 0 fully saturated rings. The minimum absolute atomic E-state index is 0.398.